The molecule has 4 amide bonds. The van der Waals surface area contributed by atoms with Gasteiger partial charge in [-0.3, -0.25) is 19.2 Å². The van der Waals surface area contributed by atoms with E-state index in [0.29, 0.717) is 25.1 Å². The molecule has 0 aliphatic carbocycles. The molecule has 0 aliphatic heterocycles. The zero-order chi connectivity index (χ0) is 32.4. The van der Waals surface area contributed by atoms with Crippen LogP contribution in [-0.4, -0.2) is 89.2 Å². The number of thioether (sulfide) groups is 1. The second-order valence-corrected chi connectivity index (χ2v) is 12.1. The minimum atomic E-state index is -1.16. The van der Waals surface area contributed by atoms with Gasteiger partial charge in [-0.25, -0.2) is 4.79 Å². The largest absolute Gasteiger partial charge is 0.480 e. The number of carboxylic acids is 1. The lowest BCUT2D eigenvalue weighted by Gasteiger charge is -2.26. The Morgan fingerprint density at radius 3 is 1.88 bits per heavy atom. The molecule has 0 aliphatic rings. The number of amides is 4. The molecule has 43 heavy (non-hydrogen) atoms. The van der Waals surface area contributed by atoms with Crippen LogP contribution in [0.15, 0.2) is 30.3 Å². The van der Waals surface area contributed by atoms with Crippen molar-refractivity contribution in [3.05, 3.63) is 35.9 Å². The van der Waals surface area contributed by atoms with Gasteiger partial charge in [-0.15, -0.1) is 0 Å². The molecule has 0 bridgehead atoms. The fourth-order valence-electron chi connectivity index (χ4n) is 4.21. The lowest BCUT2D eigenvalue weighted by Crippen LogP contribution is -2.59. The molecule has 0 radical (unpaired) electrons. The Kier molecular flexibility index (Phi) is 18.6. The van der Waals surface area contributed by atoms with Crippen LogP contribution in [0.5, 0.6) is 0 Å². The third kappa shape index (κ3) is 15.0. The second kappa shape index (κ2) is 21.0. The summed E-state index contributed by atoms with van der Waals surface area (Å²) < 4.78 is 0. The van der Waals surface area contributed by atoms with E-state index in [1.54, 1.807) is 0 Å². The van der Waals surface area contributed by atoms with Crippen LogP contribution in [-0.2, 0) is 30.4 Å². The second-order valence-electron chi connectivity index (χ2n) is 10.8. The molecule has 242 valence electrons. The van der Waals surface area contributed by atoms with Crippen LogP contribution in [0.3, 0.4) is 0 Å². The number of nitrogens with two attached hydrogens (primary N) is 2. The fourth-order valence-corrected chi connectivity index (χ4v) is 4.94. The molecule has 0 saturated carbocycles. The van der Waals surface area contributed by atoms with Gasteiger partial charge in [0.2, 0.25) is 23.6 Å². The number of carbonyl (C=O) groups excluding carboxylic acids is 4. The minimum Gasteiger partial charge on any atom is -0.480 e. The van der Waals surface area contributed by atoms with E-state index in [4.69, 9.17) is 11.5 Å². The molecule has 0 spiro atoms. The van der Waals surface area contributed by atoms with Crippen molar-refractivity contribution < 1.29 is 29.1 Å². The molecule has 0 unspecified atom stereocenters. The SMILES string of the molecule is CSCC[C@H](NC(=O)[C@H](CS)NC(=O)[C@@H](N)Cc1ccccc1)C(=O)N[C@@H](CCCCN)C(=O)N[C@@H](CC(C)C)C(=O)O. The first-order chi connectivity index (χ1) is 20.4. The quantitative estimate of drug-likeness (QED) is 0.0692. The van der Waals surface area contributed by atoms with Crippen molar-refractivity contribution in [3.8, 4) is 0 Å². The Bertz CT molecular complexity index is 1030. The van der Waals surface area contributed by atoms with Crippen LogP contribution in [0.1, 0.15) is 51.5 Å². The maximum atomic E-state index is 13.4. The molecule has 1 aromatic carbocycles. The number of aliphatic carboxylic acids is 1. The number of carbonyl (C=O) groups is 5. The Hall–Kier alpha value is -2.81. The number of thiol groups is 1. The first kappa shape index (κ1) is 38.2. The standard InChI is InChI=1S/C29H48N6O6S2/c1-18(2)15-23(29(40)41)34-26(37)21(11-7-8-13-30)32-27(38)22(12-14-43-3)33-28(39)24(17-42)35-25(36)20(31)16-19-9-5-4-6-10-19/h4-6,9-10,18,20-24,42H,7-8,11-17,30-31H2,1-3H3,(H,32,38)(H,33,39)(H,34,37)(H,35,36)(H,40,41)/t20-,21-,22-,23-,24-/m0/s1. The van der Waals surface area contributed by atoms with Crippen LogP contribution in [0.2, 0.25) is 0 Å². The van der Waals surface area contributed by atoms with E-state index >= 15 is 0 Å². The van der Waals surface area contributed by atoms with Gasteiger partial charge in [0.05, 0.1) is 6.04 Å². The van der Waals surface area contributed by atoms with E-state index < -0.39 is 59.8 Å². The van der Waals surface area contributed by atoms with Gasteiger partial charge in [0.25, 0.3) is 0 Å². The highest BCUT2D eigenvalue weighted by atomic mass is 32.2. The average Bonchev–Trinajstić information content (AvgIpc) is 2.96. The van der Waals surface area contributed by atoms with E-state index in [-0.39, 0.29) is 37.4 Å². The predicted octanol–water partition coefficient (Wildman–Crippen LogP) is 0.438. The van der Waals surface area contributed by atoms with Crippen molar-refractivity contribution >= 4 is 54.0 Å². The van der Waals surface area contributed by atoms with E-state index in [2.05, 4.69) is 33.9 Å². The summed E-state index contributed by atoms with van der Waals surface area (Å²) in [7, 11) is 0. The Labute approximate surface area is 264 Å². The van der Waals surface area contributed by atoms with Gasteiger partial charge in [-0.2, -0.15) is 24.4 Å². The lowest BCUT2D eigenvalue weighted by molar-refractivity contribution is -0.142. The molecule has 1 rings (SSSR count). The number of hydrogen-bond donors (Lipinski definition) is 8. The molecule has 0 fully saturated rings. The molecule has 9 N–H and O–H groups in total. The summed E-state index contributed by atoms with van der Waals surface area (Å²) in [4.78, 5) is 64.1. The molecule has 1 aromatic rings. The summed E-state index contributed by atoms with van der Waals surface area (Å²) in [6, 6.07) is 4.12. The van der Waals surface area contributed by atoms with E-state index in [9.17, 15) is 29.1 Å². The predicted molar refractivity (Wildman–Crippen MR) is 173 cm³/mol. The van der Waals surface area contributed by atoms with Crippen molar-refractivity contribution in [1.29, 1.82) is 0 Å². The highest BCUT2D eigenvalue weighted by molar-refractivity contribution is 7.98. The van der Waals surface area contributed by atoms with Gasteiger partial charge >= 0.3 is 5.97 Å². The molecule has 0 heterocycles. The number of unbranched alkanes of at least 4 members (excludes halogenated alkanes) is 1. The van der Waals surface area contributed by atoms with Crippen LogP contribution in [0.4, 0.5) is 0 Å². The summed E-state index contributed by atoms with van der Waals surface area (Å²) in [5.74, 6) is -3.04. The molecule has 0 aromatic heterocycles. The topological polar surface area (TPSA) is 206 Å². The normalized spacial score (nSPS) is 14.6. The van der Waals surface area contributed by atoms with Crippen LogP contribution in [0.25, 0.3) is 0 Å². The average molecular weight is 641 g/mol. The zero-order valence-corrected chi connectivity index (χ0v) is 26.9. The minimum absolute atomic E-state index is 0.0194. The Balaban J connectivity index is 2.98. The summed E-state index contributed by atoms with van der Waals surface area (Å²) in [6.45, 7) is 4.09. The van der Waals surface area contributed by atoms with Crippen molar-refractivity contribution in [2.24, 2.45) is 17.4 Å². The summed E-state index contributed by atoms with van der Waals surface area (Å²) in [5, 5.41) is 20.1. The van der Waals surface area contributed by atoms with E-state index in [0.717, 1.165) is 5.56 Å². The maximum absolute atomic E-state index is 13.4. The highest BCUT2D eigenvalue weighted by Gasteiger charge is 2.31. The third-order valence-corrected chi connectivity index (χ3v) is 7.61. The molecule has 0 saturated heterocycles. The molecular formula is C29H48N6O6S2. The van der Waals surface area contributed by atoms with Crippen LogP contribution < -0.4 is 32.7 Å². The number of carboxylic acid groups (broad SMARTS) is 1. The third-order valence-electron chi connectivity index (χ3n) is 6.60. The van der Waals surface area contributed by atoms with E-state index in [1.165, 1.54) is 11.8 Å². The van der Waals surface area contributed by atoms with Crippen molar-refractivity contribution in [1.82, 2.24) is 21.3 Å². The fraction of sp³-hybridized carbons (Fsp3) is 0.621. The van der Waals surface area contributed by atoms with E-state index in [1.807, 2.05) is 50.4 Å². The van der Waals surface area contributed by atoms with Gasteiger partial charge in [0.1, 0.15) is 24.2 Å². The maximum Gasteiger partial charge on any atom is 0.326 e. The number of rotatable bonds is 21. The van der Waals surface area contributed by atoms with Gasteiger partial charge in [-0.05, 0) is 68.6 Å². The van der Waals surface area contributed by atoms with Gasteiger partial charge < -0.3 is 37.8 Å². The number of hydrogen-bond acceptors (Lipinski definition) is 9. The molecular weight excluding hydrogens is 592 g/mol. The first-order valence-electron chi connectivity index (χ1n) is 14.5. The van der Waals surface area contributed by atoms with Gasteiger partial charge in [0, 0.05) is 5.75 Å². The molecule has 12 nitrogen and oxygen atoms in total. The van der Waals surface area contributed by atoms with Crippen molar-refractivity contribution in [3.63, 3.8) is 0 Å². The van der Waals surface area contributed by atoms with Gasteiger partial charge in [0.15, 0.2) is 0 Å². The summed E-state index contributed by atoms with van der Waals surface area (Å²) >= 11 is 5.68. The monoisotopic (exact) mass is 640 g/mol. The van der Waals surface area contributed by atoms with Crippen LogP contribution >= 0.6 is 24.4 Å². The summed E-state index contributed by atoms with van der Waals surface area (Å²) in [5.41, 5.74) is 12.5. The first-order valence-corrected chi connectivity index (χ1v) is 16.5. The number of benzene rings is 1. The van der Waals surface area contributed by atoms with Crippen molar-refractivity contribution in [2.75, 3.05) is 24.3 Å². The Morgan fingerprint density at radius 1 is 0.837 bits per heavy atom. The van der Waals surface area contributed by atoms with Crippen LogP contribution in [0, 0.1) is 5.92 Å². The lowest BCUT2D eigenvalue weighted by atomic mass is 10.0. The molecule has 5 atom stereocenters. The molecule has 14 heteroatoms. The Morgan fingerprint density at radius 2 is 1.37 bits per heavy atom. The highest BCUT2D eigenvalue weighted by Crippen LogP contribution is 2.09. The smallest absolute Gasteiger partial charge is 0.326 e. The zero-order valence-electron chi connectivity index (χ0n) is 25.2. The van der Waals surface area contributed by atoms with Gasteiger partial charge in [-0.1, -0.05) is 44.2 Å². The summed E-state index contributed by atoms with van der Waals surface area (Å²) in [6.07, 6.45) is 3.97. The number of nitrogens with one attached hydrogen (secondary N) is 4. The van der Waals surface area contributed by atoms with Crippen molar-refractivity contribution in [2.45, 2.75) is 82.6 Å².